The summed E-state index contributed by atoms with van der Waals surface area (Å²) in [7, 11) is 0. The molecule has 9 nitrogen and oxygen atoms in total. The van der Waals surface area contributed by atoms with Gasteiger partial charge in [0.2, 0.25) is 0 Å². The molecule has 5 aromatic rings. The summed E-state index contributed by atoms with van der Waals surface area (Å²) in [4.78, 5) is 34.5. The molecule has 5 aromatic heterocycles. The van der Waals surface area contributed by atoms with Crippen molar-refractivity contribution in [2.45, 2.75) is 0 Å². The maximum Gasteiger partial charge on any atom is 0.286 e. The van der Waals surface area contributed by atoms with E-state index in [2.05, 4.69) is 20.2 Å². The van der Waals surface area contributed by atoms with Gasteiger partial charge in [-0.05, 0) is 35.0 Å². The number of nitrogens with zero attached hydrogens (tertiary/aromatic N) is 5. The molecule has 0 radical (unpaired) electrons. The molecular formula is C20H11N7O2S2. The number of rotatable bonds is 3. The molecule has 0 saturated carbocycles. The molecule has 0 spiro atoms. The number of nitrogens with one attached hydrogen (secondary N) is 1. The van der Waals surface area contributed by atoms with Crippen molar-refractivity contribution in [3.63, 3.8) is 0 Å². The average Bonchev–Trinajstić information content (AvgIpc) is 3.47. The molecule has 0 aliphatic heterocycles. The Bertz CT molecular complexity index is 1640. The highest BCUT2D eigenvalue weighted by Gasteiger charge is 2.21. The van der Waals surface area contributed by atoms with Gasteiger partial charge in [0.05, 0.1) is 21.6 Å². The molecule has 0 saturated heterocycles. The number of anilines is 1. The summed E-state index contributed by atoms with van der Waals surface area (Å²) < 4.78 is 1.16. The summed E-state index contributed by atoms with van der Waals surface area (Å²) in [6.45, 7) is 0. The molecule has 3 N–H and O–H groups in total. The number of H-pyrrole nitrogens is 1. The van der Waals surface area contributed by atoms with Crippen molar-refractivity contribution in [3.05, 3.63) is 71.9 Å². The van der Waals surface area contributed by atoms with E-state index in [4.69, 9.17) is 5.73 Å². The Kier molecular flexibility index (Phi) is 4.43. The zero-order valence-electron chi connectivity index (χ0n) is 15.6. The van der Waals surface area contributed by atoms with Gasteiger partial charge < -0.3 is 10.7 Å². The van der Waals surface area contributed by atoms with Crippen molar-refractivity contribution in [3.8, 4) is 16.6 Å². The largest absolute Gasteiger partial charge is 0.397 e. The number of fused-ring (bicyclic) bond motifs is 3. The van der Waals surface area contributed by atoms with E-state index in [0.29, 0.717) is 11.1 Å². The monoisotopic (exact) mass is 445 g/mol. The van der Waals surface area contributed by atoms with Crippen LogP contribution < -0.4 is 16.9 Å². The highest BCUT2D eigenvalue weighted by molar-refractivity contribution is 7.13. The van der Waals surface area contributed by atoms with Gasteiger partial charge in [-0.2, -0.15) is 5.26 Å². The summed E-state index contributed by atoms with van der Waals surface area (Å²) >= 11 is 2.91. The highest BCUT2D eigenvalue weighted by Crippen LogP contribution is 2.33. The molecule has 5 heterocycles. The molecule has 0 bridgehead atoms. The van der Waals surface area contributed by atoms with Crippen LogP contribution in [-0.2, 0) is 0 Å². The molecule has 0 aliphatic carbocycles. The zero-order valence-corrected chi connectivity index (χ0v) is 17.2. The fourth-order valence-corrected chi connectivity index (χ4v) is 4.53. The zero-order chi connectivity index (χ0) is 21.5. The lowest BCUT2D eigenvalue weighted by atomic mass is 10.1. The number of aromatic nitrogens is 5. The van der Waals surface area contributed by atoms with Gasteiger partial charge in [-0.3, -0.25) is 9.59 Å². The van der Waals surface area contributed by atoms with Crippen LogP contribution in [0.5, 0.6) is 0 Å². The fourth-order valence-electron chi connectivity index (χ4n) is 3.19. The maximum absolute atomic E-state index is 13.2. The second-order valence-electron chi connectivity index (χ2n) is 6.39. The Hall–Kier alpha value is -4.14. The van der Waals surface area contributed by atoms with Gasteiger partial charge in [-0.25, -0.2) is 9.38 Å². The van der Waals surface area contributed by atoms with Crippen LogP contribution in [0.25, 0.3) is 39.5 Å². The van der Waals surface area contributed by atoms with E-state index in [1.807, 2.05) is 41.1 Å². The number of nitrogen functional groups attached to an aromatic ring is 1. The minimum Gasteiger partial charge on any atom is -0.397 e. The minimum atomic E-state index is -0.698. The van der Waals surface area contributed by atoms with Gasteiger partial charge in [-0.1, -0.05) is 12.1 Å². The number of hydrogen-bond acceptors (Lipinski definition) is 9. The second-order valence-corrected chi connectivity index (χ2v) is 8.32. The topological polar surface area (TPSA) is 143 Å². The molecule has 0 atom stereocenters. The van der Waals surface area contributed by atoms with Gasteiger partial charge in [0.25, 0.3) is 16.9 Å². The van der Waals surface area contributed by atoms with Crippen LogP contribution in [0.4, 0.5) is 5.69 Å². The van der Waals surface area contributed by atoms with Gasteiger partial charge in [0.1, 0.15) is 17.3 Å². The molecule has 0 amide bonds. The van der Waals surface area contributed by atoms with Crippen molar-refractivity contribution in [2.24, 2.45) is 0 Å². The minimum absolute atomic E-state index is 0.00827. The van der Waals surface area contributed by atoms with Crippen molar-refractivity contribution < 1.29 is 0 Å². The summed E-state index contributed by atoms with van der Waals surface area (Å²) in [5.41, 5.74) is 5.29. The summed E-state index contributed by atoms with van der Waals surface area (Å²) in [6.07, 6.45) is 3.31. The van der Waals surface area contributed by atoms with Crippen molar-refractivity contribution in [2.75, 3.05) is 5.73 Å². The van der Waals surface area contributed by atoms with Crippen molar-refractivity contribution in [1.82, 2.24) is 24.6 Å². The molecule has 0 unspecified atom stereocenters. The molecule has 0 fully saturated rings. The third-order valence-corrected chi connectivity index (χ3v) is 6.31. The quantitative estimate of drug-likeness (QED) is 0.406. The second kappa shape index (κ2) is 7.28. The number of hydrogen-bond donors (Lipinski definition) is 2. The standard InChI is InChI=1S/C20H11N7O2S2/c21-9-11-15(22)14-16(13-4-2-8-31-13)23-20-26-25-12(6-5-10-3-1-7-30-10)19(29)27(20)17(14)24-18(11)28/h1-8H,(H3,22,24,28)/b6-5+. The lowest BCUT2D eigenvalue weighted by Crippen LogP contribution is -2.25. The highest BCUT2D eigenvalue weighted by atomic mass is 32.1. The Balaban J connectivity index is 1.90. The smallest absolute Gasteiger partial charge is 0.286 e. The van der Waals surface area contributed by atoms with E-state index in [-0.39, 0.29) is 28.4 Å². The molecular weight excluding hydrogens is 434 g/mol. The Labute approximate surface area is 181 Å². The van der Waals surface area contributed by atoms with Crippen molar-refractivity contribution >= 4 is 57.3 Å². The predicted octanol–water partition coefficient (Wildman–Crippen LogP) is 2.74. The number of nitrogens with two attached hydrogens (primary N) is 1. The van der Waals surface area contributed by atoms with Crippen LogP contribution in [0.15, 0.2) is 44.6 Å². The Morgan fingerprint density at radius 2 is 1.94 bits per heavy atom. The number of nitriles is 1. The van der Waals surface area contributed by atoms with Gasteiger partial charge in [0, 0.05) is 4.88 Å². The molecule has 0 aromatic carbocycles. The third kappa shape index (κ3) is 3.02. The van der Waals surface area contributed by atoms with Gasteiger partial charge >= 0.3 is 0 Å². The maximum atomic E-state index is 13.2. The number of pyridine rings is 1. The molecule has 150 valence electrons. The van der Waals surface area contributed by atoms with E-state index in [9.17, 15) is 14.9 Å². The normalized spacial score (nSPS) is 11.5. The summed E-state index contributed by atoms with van der Waals surface area (Å²) in [6, 6.07) is 9.27. The lowest BCUT2D eigenvalue weighted by Gasteiger charge is -2.11. The Morgan fingerprint density at radius 1 is 1.13 bits per heavy atom. The van der Waals surface area contributed by atoms with Crippen molar-refractivity contribution in [1.29, 1.82) is 5.26 Å². The fraction of sp³-hybridized carbons (Fsp3) is 0. The number of thiophene rings is 2. The van der Waals surface area contributed by atoms with E-state index < -0.39 is 11.1 Å². The van der Waals surface area contributed by atoms with Crippen LogP contribution >= 0.6 is 22.7 Å². The van der Waals surface area contributed by atoms with Crippen LogP contribution in [0.3, 0.4) is 0 Å². The first-order valence-corrected chi connectivity index (χ1v) is 10.6. The molecule has 0 aliphatic rings. The predicted molar refractivity (Wildman–Crippen MR) is 121 cm³/mol. The first kappa shape index (κ1) is 18.9. The van der Waals surface area contributed by atoms with E-state index >= 15 is 0 Å². The lowest BCUT2D eigenvalue weighted by molar-refractivity contribution is 0.906. The Morgan fingerprint density at radius 3 is 2.65 bits per heavy atom. The first-order valence-electron chi connectivity index (χ1n) is 8.89. The van der Waals surface area contributed by atoms with Crippen LogP contribution in [0, 0.1) is 11.3 Å². The summed E-state index contributed by atoms with van der Waals surface area (Å²) in [5.74, 6) is 0.00827. The van der Waals surface area contributed by atoms with E-state index in [0.717, 1.165) is 14.2 Å². The third-order valence-electron chi connectivity index (χ3n) is 4.59. The van der Waals surface area contributed by atoms with Crippen LogP contribution in [0.2, 0.25) is 0 Å². The van der Waals surface area contributed by atoms with Crippen LogP contribution in [0.1, 0.15) is 16.1 Å². The van der Waals surface area contributed by atoms with Gasteiger partial charge in [0.15, 0.2) is 5.69 Å². The average molecular weight is 445 g/mol. The summed E-state index contributed by atoms with van der Waals surface area (Å²) in [5, 5.41) is 21.6. The number of aromatic amines is 1. The molecule has 11 heteroatoms. The molecule has 31 heavy (non-hydrogen) atoms. The van der Waals surface area contributed by atoms with Crippen LogP contribution in [-0.4, -0.2) is 24.6 Å². The molecule has 5 rings (SSSR count). The van der Waals surface area contributed by atoms with Gasteiger partial charge in [-0.15, -0.1) is 32.9 Å². The van der Waals surface area contributed by atoms with E-state index in [1.165, 1.54) is 22.7 Å². The first-order chi connectivity index (χ1) is 15.1. The van der Waals surface area contributed by atoms with E-state index in [1.54, 1.807) is 12.2 Å². The SMILES string of the molecule is N#Cc1c(N)c2c(-c3cccs3)nc3nnc(/C=C/c4cccs4)c(=O)n3c2[nH]c1=O.